The van der Waals surface area contributed by atoms with Crippen LogP contribution in [0.1, 0.15) is 37.8 Å². The number of hydrogen-bond acceptors (Lipinski definition) is 4. The lowest BCUT2D eigenvalue weighted by molar-refractivity contribution is -0.143. The average molecular weight is 485 g/mol. The van der Waals surface area contributed by atoms with Crippen LogP contribution in [0.5, 0.6) is 0 Å². The fourth-order valence-electron chi connectivity index (χ4n) is 4.89. The van der Waals surface area contributed by atoms with Crippen molar-refractivity contribution in [1.29, 1.82) is 0 Å². The lowest BCUT2D eigenvalue weighted by Crippen LogP contribution is -2.59. The molecule has 2 unspecified atom stereocenters. The Hall–Kier alpha value is -1.76. The van der Waals surface area contributed by atoms with E-state index < -0.39 is 0 Å². The van der Waals surface area contributed by atoms with Crippen molar-refractivity contribution in [2.45, 2.75) is 51.9 Å². The van der Waals surface area contributed by atoms with Crippen molar-refractivity contribution in [3.8, 4) is 0 Å². The number of piperazine rings is 1. The minimum atomic E-state index is 0.165. The zero-order valence-corrected chi connectivity index (χ0v) is 20.2. The molecule has 2 atom stereocenters. The number of benzene rings is 1. The minimum Gasteiger partial charge on any atom is -0.337 e. The SMILES string of the molecule is CC1CN(C(=O)C2CCN(Cc3ccncc3)CC2)C(C)CN1Cc1ccccc1Br. The summed E-state index contributed by atoms with van der Waals surface area (Å²) in [5.41, 5.74) is 2.60. The molecule has 1 amide bonds. The van der Waals surface area contributed by atoms with E-state index >= 15 is 0 Å². The van der Waals surface area contributed by atoms with Gasteiger partial charge in [0.15, 0.2) is 0 Å². The molecule has 2 aliphatic heterocycles. The monoisotopic (exact) mass is 484 g/mol. The number of pyridine rings is 1. The first-order chi connectivity index (χ1) is 15.0. The normalized spacial score (nSPS) is 23.8. The Bertz CT molecular complexity index is 869. The zero-order valence-electron chi connectivity index (χ0n) is 18.6. The summed E-state index contributed by atoms with van der Waals surface area (Å²) >= 11 is 3.67. The van der Waals surface area contributed by atoms with Crippen LogP contribution in [0.15, 0.2) is 53.3 Å². The standard InChI is InChI=1S/C25H33BrN4O/c1-19-16-30(20(2)15-29(19)18-23-5-3-4-6-24(23)26)25(31)22-9-13-28(14-10-22)17-21-7-11-27-12-8-21/h3-8,11-12,19-20,22H,9-10,13-18H2,1-2H3. The van der Waals surface area contributed by atoms with Gasteiger partial charge >= 0.3 is 0 Å². The molecule has 4 rings (SSSR count). The second-order valence-electron chi connectivity index (χ2n) is 9.12. The number of halogens is 1. The van der Waals surface area contributed by atoms with Crippen molar-refractivity contribution in [2.24, 2.45) is 5.92 Å². The highest BCUT2D eigenvalue weighted by Crippen LogP contribution is 2.26. The Labute approximate surface area is 194 Å². The largest absolute Gasteiger partial charge is 0.337 e. The Morgan fingerprint density at radius 1 is 1.00 bits per heavy atom. The Balaban J connectivity index is 1.30. The van der Waals surface area contributed by atoms with Crippen LogP contribution < -0.4 is 0 Å². The van der Waals surface area contributed by atoms with Gasteiger partial charge < -0.3 is 4.90 Å². The summed E-state index contributed by atoms with van der Waals surface area (Å²) < 4.78 is 1.16. The van der Waals surface area contributed by atoms with E-state index in [4.69, 9.17) is 0 Å². The maximum atomic E-state index is 13.4. The molecule has 2 fully saturated rings. The second kappa shape index (κ2) is 10.2. The van der Waals surface area contributed by atoms with Gasteiger partial charge in [-0.15, -0.1) is 0 Å². The Kier molecular flexibility index (Phi) is 7.41. The maximum absolute atomic E-state index is 13.4. The van der Waals surface area contributed by atoms with Crippen molar-refractivity contribution in [3.63, 3.8) is 0 Å². The minimum absolute atomic E-state index is 0.165. The third kappa shape index (κ3) is 5.54. The van der Waals surface area contributed by atoms with E-state index in [-0.39, 0.29) is 12.0 Å². The van der Waals surface area contributed by atoms with E-state index in [9.17, 15) is 4.79 Å². The van der Waals surface area contributed by atoms with Crippen LogP contribution in [-0.2, 0) is 17.9 Å². The first-order valence-electron chi connectivity index (χ1n) is 11.4. The van der Waals surface area contributed by atoms with Gasteiger partial charge in [-0.2, -0.15) is 0 Å². The molecule has 0 N–H and O–H groups in total. The summed E-state index contributed by atoms with van der Waals surface area (Å²) in [5, 5.41) is 0. The molecule has 2 saturated heterocycles. The first-order valence-corrected chi connectivity index (χ1v) is 12.2. The third-order valence-corrected chi connectivity index (χ3v) is 7.60. The Morgan fingerprint density at radius 3 is 2.42 bits per heavy atom. The van der Waals surface area contributed by atoms with Crippen molar-refractivity contribution < 1.29 is 4.79 Å². The summed E-state index contributed by atoms with van der Waals surface area (Å²) in [5.74, 6) is 0.529. The van der Waals surface area contributed by atoms with E-state index in [1.54, 1.807) is 0 Å². The quantitative estimate of drug-likeness (QED) is 0.637. The molecule has 3 heterocycles. The van der Waals surface area contributed by atoms with E-state index in [1.807, 2.05) is 12.4 Å². The van der Waals surface area contributed by atoms with E-state index in [0.717, 1.165) is 56.6 Å². The lowest BCUT2D eigenvalue weighted by atomic mass is 9.93. The molecular weight excluding hydrogens is 452 g/mol. The summed E-state index contributed by atoms with van der Waals surface area (Å²) in [6.07, 6.45) is 5.62. The lowest BCUT2D eigenvalue weighted by Gasteiger charge is -2.46. The van der Waals surface area contributed by atoms with Crippen LogP contribution in [0.3, 0.4) is 0 Å². The number of amides is 1. The molecule has 2 aliphatic rings. The predicted octanol–water partition coefficient (Wildman–Crippen LogP) is 4.18. The van der Waals surface area contributed by atoms with Crippen molar-refractivity contribution in [1.82, 2.24) is 19.7 Å². The van der Waals surface area contributed by atoms with Crippen LogP contribution >= 0.6 is 15.9 Å². The van der Waals surface area contributed by atoms with Gasteiger partial charge in [-0.25, -0.2) is 0 Å². The first kappa shape index (κ1) is 22.4. The highest BCUT2D eigenvalue weighted by atomic mass is 79.9. The van der Waals surface area contributed by atoms with Gasteiger partial charge in [0.2, 0.25) is 5.91 Å². The molecule has 0 radical (unpaired) electrons. The number of carbonyl (C=O) groups excluding carboxylic acids is 1. The summed E-state index contributed by atoms with van der Waals surface area (Å²) in [4.78, 5) is 24.6. The molecule has 6 heteroatoms. The summed E-state index contributed by atoms with van der Waals surface area (Å²) in [6, 6.07) is 13.2. The Morgan fingerprint density at radius 2 is 1.71 bits per heavy atom. The number of carbonyl (C=O) groups is 1. The van der Waals surface area contributed by atoms with Crippen molar-refractivity contribution in [2.75, 3.05) is 26.2 Å². The molecule has 1 aromatic carbocycles. The average Bonchev–Trinajstić information content (AvgIpc) is 2.78. The maximum Gasteiger partial charge on any atom is 0.226 e. The van der Waals surface area contributed by atoms with E-state index in [1.165, 1.54) is 11.1 Å². The van der Waals surface area contributed by atoms with Crippen LogP contribution in [0.4, 0.5) is 0 Å². The van der Waals surface area contributed by atoms with E-state index in [0.29, 0.717) is 11.9 Å². The zero-order chi connectivity index (χ0) is 21.8. The molecule has 0 saturated carbocycles. The molecule has 166 valence electrons. The fourth-order valence-corrected chi connectivity index (χ4v) is 5.30. The van der Waals surface area contributed by atoms with Crippen molar-refractivity contribution in [3.05, 3.63) is 64.4 Å². The van der Waals surface area contributed by atoms with E-state index in [2.05, 4.69) is 85.9 Å². The number of nitrogens with zero attached hydrogens (tertiary/aromatic N) is 4. The summed E-state index contributed by atoms with van der Waals surface area (Å²) in [6.45, 7) is 10.1. The van der Waals surface area contributed by atoms with Gasteiger partial charge in [-0.05, 0) is 69.1 Å². The van der Waals surface area contributed by atoms with Crippen molar-refractivity contribution >= 4 is 21.8 Å². The predicted molar refractivity (Wildman–Crippen MR) is 127 cm³/mol. The number of hydrogen-bond donors (Lipinski definition) is 0. The number of piperidine rings is 1. The van der Waals surface area contributed by atoms with Crippen LogP contribution in [0.2, 0.25) is 0 Å². The van der Waals surface area contributed by atoms with Crippen LogP contribution in [0.25, 0.3) is 0 Å². The molecule has 0 aliphatic carbocycles. The van der Waals surface area contributed by atoms with Crippen LogP contribution in [-0.4, -0.2) is 63.9 Å². The van der Waals surface area contributed by atoms with Gasteiger partial charge in [0.25, 0.3) is 0 Å². The van der Waals surface area contributed by atoms with Gasteiger partial charge in [0, 0.05) is 61.0 Å². The molecule has 31 heavy (non-hydrogen) atoms. The number of aromatic nitrogens is 1. The summed E-state index contributed by atoms with van der Waals surface area (Å²) in [7, 11) is 0. The van der Waals surface area contributed by atoms with Crippen LogP contribution in [0, 0.1) is 5.92 Å². The van der Waals surface area contributed by atoms with Gasteiger partial charge in [-0.3, -0.25) is 19.6 Å². The topological polar surface area (TPSA) is 39.7 Å². The third-order valence-electron chi connectivity index (χ3n) is 6.82. The van der Waals surface area contributed by atoms with Gasteiger partial charge in [0.05, 0.1) is 0 Å². The molecular formula is C25H33BrN4O. The molecule has 2 aromatic rings. The fraction of sp³-hybridized carbons (Fsp3) is 0.520. The highest BCUT2D eigenvalue weighted by Gasteiger charge is 2.36. The number of rotatable bonds is 5. The number of likely N-dealkylation sites (tertiary alicyclic amines) is 1. The van der Waals surface area contributed by atoms with Gasteiger partial charge in [-0.1, -0.05) is 34.1 Å². The van der Waals surface area contributed by atoms with Gasteiger partial charge in [0.1, 0.15) is 0 Å². The smallest absolute Gasteiger partial charge is 0.226 e. The molecule has 1 aromatic heterocycles. The second-order valence-corrected chi connectivity index (χ2v) is 9.97. The highest BCUT2D eigenvalue weighted by molar-refractivity contribution is 9.10. The molecule has 0 spiro atoms. The molecule has 5 nitrogen and oxygen atoms in total. The molecule has 0 bridgehead atoms.